The topological polar surface area (TPSA) is 81.5 Å². The highest BCUT2D eigenvalue weighted by atomic mass is 19.1. The molecule has 2 aromatic heterocycles. The van der Waals surface area contributed by atoms with Crippen molar-refractivity contribution in [3.63, 3.8) is 0 Å². The first-order chi connectivity index (χ1) is 15.5. The quantitative estimate of drug-likeness (QED) is 0.671. The molecule has 32 heavy (non-hydrogen) atoms. The van der Waals surface area contributed by atoms with E-state index in [1.54, 1.807) is 18.3 Å². The number of nitrogens with zero attached hydrogens (tertiary/aromatic N) is 4. The fourth-order valence-corrected chi connectivity index (χ4v) is 3.38. The highest BCUT2D eigenvalue weighted by Crippen LogP contribution is 2.29. The van der Waals surface area contributed by atoms with E-state index >= 15 is 0 Å². The van der Waals surface area contributed by atoms with Crippen LogP contribution in [0.1, 0.15) is 23.2 Å². The van der Waals surface area contributed by atoms with Crippen LogP contribution < -0.4 is 14.8 Å². The number of hydrogen-bond acceptors (Lipinski definition) is 6. The molecule has 168 valence electrons. The largest absolute Gasteiger partial charge is 0.493 e. The number of rotatable bonds is 4. The minimum Gasteiger partial charge on any atom is -0.493 e. The Morgan fingerprint density at radius 3 is 3.00 bits per heavy atom. The molecule has 0 spiro atoms. The molecule has 3 heterocycles. The molecule has 2 bridgehead atoms. The minimum atomic E-state index is -0.570. The van der Waals surface area contributed by atoms with Gasteiger partial charge >= 0.3 is 0 Å². The van der Waals surface area contributed by atoms with Crippen molar-refractivity contribution in [3.8, 4) is 23.0 Å². The molecule has 0 saturated carbocycles. The lowest BCUT2D eigenvalue weighted by atomic mass is 10.1. The van der Waals surface area contributed by atoms with Gasteiger partial charge in [0, 0.05) is 31.5 Å². The molecular formula is C23H26FN5O3. The van der Waals surface area contributed by atoms with Crippen LogP contribution in [-0.2, 0) is 6.54 Å². The van der Waals surface area contributed by atoms with Gasteiger partial charge in [0.1, 0.15) is 23.9 Å². The first-order valence-electron chi connectivity index (χ1n) is 10.5. The maximum absolute atomic E-state index is 14.6. The van der Waals surface area contributed by atoms with E-state index in [1.807, 2.05) is 35.8 Å². The van der Waals surface area contributed by atoms with Gasteiger partial charge in [-0.25, -0.2) is 14.4 Å². The second-order valence-corrected chi connectivity index (χ2v) is 7.79. The third kappa shape index (κ3) is 5.05. The molecule has 1 aromatic carbocycles. The highest BCUT2D eigenvalue weighted by Gasteiger charge is 2.20. The first kappa shape index (κ1) is 21.8. The molecule has 1 aliphatic rings. The summed E-state index contributed by atoms with van der Waals surface area (Å²) in [6.45, 7) is 2.01. The average molecular weight is 439 g/mol. The average Bonchev–Trinajstić information content (AvgIpc) is 3.23. The van der Waals surface area contributed by atoms with E-state index in [4.69, 9.17) is 9.47 Å². The number of pyridine rings is 1. The number of nitrogens with one attached hydrogen (secondary N) is 1. The lowest BCUT2D eigenvalue weighted by Gasteiger charge is -2.16. The molecule has 1 aliphatic heterocycles. The van der Waals surface area contributed by atoms with Gasteiger partial charge in [0.05, 0.1) is 12.2 Å². The molecule has 0 atom stereocenters. The summed E-state index contributed by atoms with van der Waals surface area (Å²) >= 11 is 0. The Kier molecular flexibility index (Phi) is 6.65. The fourth-order valence-electron chi connectivity index (χ4n) is 3.38. The number of carbonyl (C=O) groups is 1. The van der Waals surface area contributed by atoms with E-state index in [-0.39, 0.29) is 17.1 Å². The van der Waals surface area contributed by atoms with Crippen LogP contribution in [0.3, 0.4) is 0 Å². The molecule has 1 amide bonds. The summed E-state index contributed by atoms with van der Waals surface area (Å²) in [5, 5.41) is 2.78. The normalized spacial score (nSPS) is 14.1. The van der Waals surface area contributed by atoms with Crippen molar-refractivity contribution in [1.29, 1.82) is 0 Å². The summed E-state index contributed by atoms with van der Waals surface area (Å²) in [5.41, 5.74) is 0.852. The minimum absolute atomic E-state index is 0.00852. The van der Waals surface area contributed by atoms with Gasteiger partial charge in [-0.2, -0.15) is 0 Å². The third-order valence-corrected chi connectivity index (χ3v) is 5.06. The molecule has 1 N–H and O–H groups in total. The SMILES string of the molecule is CN(C)CCOc1cc2c(cc1F)OCCCCn1ccnc1-c1cccc(n1)NC2=O. The Hall–Kier alpha value is -3.46. The van der Waals surface area contributed by atoms with Crippen LogP contribution >= 0.6 is 0 Å². The number of benzene rings is 1. The standard InChI is InChI=1S/C23H26FN5O3/c1-28(2)11-13-32-20-14-16-19(15-17(20)24)31-12-4-3-9-29-10-8-25-22(29)18-6-5-7-21(26-18)27-23(16)30/h5-8,10,14-15H,3-4,9,11-13H2,1-2H3,(H,26,27,30). The van der Waals surface area contributed by atoms with Crippen molar-refractivity contribution in [2.24, 2.45) is 0 Å². The molecule has 0 unspecified atom stereocenters. The van der Waals surface area contributed by atoms with Crippen LogP contribution in [0, 0.1) is 5.82 Å². The molecular weight excluding hydrogens is 413 g/mol. The molecule has 8 nitrogen and oxygen atoms in total. The lowest BCUT2D eigenvalue weighted by Crippen LogP contribution is -2.20. The first-order valence-corrected chi connectivity index (χ1v) is 10.5. The fraction of sp³-hybridized carbons (Fsp3) is 0.348. The second kappa shape index (κ2) is 9.78. The summed E-state index contributed by atoms with van der Waals surface area (Å²) in [6.07, 6.45) is 5.19. The van der Waals surface area contributed by atoms with Gasteiger partial charge in [0.25, 0.3) is 5.91 Å². The number of amides is 1. The van der Waals surface area contributed by atoms with Crippen LogP contribution in [-0.4, -0.2) is 59.2 Å². The predicted molar refractivity (Wildman–Crippen MR) is 119 cm³/mol. The van der Waals surface area contributed by atoms with Crippen LogP contribution in [0.15, 0.2) is 42.7 Å². The summed E-state index contributed by atoms with van der Waals surface area (Å²) in [6, 6.07) is 7.95. The summed E-state index contributed by atoms with van der Waals surface area (Å²) in [4.78, 5) is 24.0. The van der Waals surface area contributed by atoms with E-state index < -0.39 is 11.7 Å². The number of carbonyl (C=O) groups excluding carboxylic acids is 1. The van der Waals surface area contributed by atoms with Crippen molar-refractivity contribution < 1.29 is 18.7 Å². The molecule has 9 heteroatoms. The third-order valence-electron chi connectivity index (χ3n) is 5.06. The number of aryl methyl sites for hydroxylation is 1. The molecule has 0 saturated heterocycles. The molecule has 4 rings (SSSR count). The van der Waals surface area contributed by atoms with Crippen molar-refractivity contribution in [2.45, 2.75) is 19.4 Å². The number of hydrogen-bond donors (Lipinski definition) is 1. The smallest absolute Gasteiger partial charge is 0.260 e. The summed E-state index contributed by atoms with van der Waals surface area (Å²) in [7, 11) is 3.80. The van der Waals surface area contributed by atoms with E-state index in [9.17, 15) is 9.18 Å². The zero-order chi connectivity index (χ0) is 22.5. The van der Waals surface area contributed by atoms with E-state index in [1.165, 1.54) is 12.1 Å². The highest BCUT2D eigenvalue weighted by molar-refractivity contribution is 6.06. The number of ether oxygens (including phenoxy) is 2. The van der Waals surface area contributed by atoms with Gasteiger partial charge in [-0.15, -0.1) is 0 Å². The lowest BCUT2D eigenvalue weighted by molar-refractivity contribution is 0.102. The number of likely N-dealkylation sites (N-methyl/N-ethyl adjacent to an activating group) is 1. The van der Waals surface area contributed by atoms with E-state index in [0.29, 0.717) is 31.3 Å². The van der Waals surface area contributed by atoms with Gasteiger partial charge in [-0.1, -0.05) is 6.07 Å². The predicted octanol–water partition coefficient (Wildman–Crippen LogP) is 3.45. The molecule has 0 fully saturated rings. The Labute approximate surface area is 186 Å². The van der Waals surface area contributed by atoms with Crippen LogP contribution in [0.25, 0.3) is 11.5 Å². The Morgan fingerprint density at radius 2 is 2.16 bits per heavy atom. The summed E-state index contributed by atoms with van der Waals surface area (Å²) in [5.74, 6) is 0.260. The van der Waals surface area contributed by atoms with Crippen molar-refractivity contribution in [2.75, 3.05) is 39.2 Å². The van der Waals surface area contributed by atoms with Crippen molar-refractivity contribution in [1.82, 2.24) is 19.4 Å². The Morgan fingerprint density at radius 1 is 1.28 bits per heavy atom. The van der Waals surface area contributed by atoms with E-state index in [0.717, 1.165) is 25.2 Å². The number of fused-ring (bicyclic) bond motifs is 5. The van der Waals surface area contributed by atoms with Gasteiger partial charge in [0.2, 0.25) is 0 Å². The van der Waals surface area contributed by atoms with Gasteiger partial charge in [0.15, 0.2) is 17.4 Å². The Bertz CT molecular complexity index is 1100. The van der Waals surface area contributed by atoms with Gasteiger partial charge < -0.3 is 24.3 Å². The number of aromatic nitrogens is 3. The maximum Gasteiger partial charge on any atom is 0.260 e. The van der Waals surface area contributed by atoms with Crippen molar-refractivity contribution >= 4 is 11.7 Å². The Balaban J connectivity index is 1.66. The number of anilines is 1. The van der Waals surface area contributed by atoms with Gasteiger partial charge in [-0.3, -0.25) is 4.79 Å². The zero-order valence-electron chi connectivity index (χ0n) is 18.2. The second-order valence-electron chi connectivity index (χ2n) is 7.79. The summed E-state index contributed by atoms with van der Waals surface area (Å²) < 4.78 is 28.0. The molecule has 0 aliphatic carbocycles. The van der Waals surface area contributed by atoms with E-state index in [2.05, 4.69) is 15.3 Å². The molecule has 3 aromatic rings. The van der Waals surface area contributed by atoms with Crippen LogP contribution in [0.2, 0.25) is 0 Å². The monoisotopic (exact) mass is 439 g/mol. The van der Waals surface area contributed by atoms with Crippen molar-refractivity contribution in [3.05, 3.63) is 54.1 Å². The maximum atomic E-state index is 14.6. The molecule has 0 radical (unpaired) electrons. The van der Waals surface area contributed by atoms with Crippen LogP contribution in [0.5, 0.6) is 11.5 Å². The zero-order valence-corrected chi connectivity index (χ0v) is 18.2. The van der Waals surface area contributed by atoms with Gasteiger partial charge in [-0.05, 0) is 45.1 Å². The van der Waals surface area contributed by atoms with Crippen LogP contribution in [0.4, 0.5) is 10.2 Å². The number of imidazole rings is 1. The number of halogens is 1.